The van der Waals surface area contributed by atoms with Gasteiger partial charge in [-0.05, 0) is 32.0 Å². The van der Waals surface area contributed by atoms with Crippen LogP contribution < -0.4 is 0 Å². The summed E-state index contributed by atoms with van der Waals surface area (Å²) in [4.78, 5) is 5.83. The van der Waals surface area contributed by atoms with E-state index in [2.05, 4.69) is 43.0 Å². The molecule has 0 fully saturated rings. The van der Waals surface area contributed by atoms with Gasteiger partial charge in [0, 0.05) is 30.4 Å². The van der Waals surface area contributed by atoms with Gasteiger partial charge in [-0.1, -0.05) is 6.92 Å². The molecule has 1 aromatic heterocycles. The largest absolute Gasteiger partial charge is 0.365 e. The smallest absolute Gasteiger partial charge is 0.0363 e. The average molecular weight is 178 g/mol. The van der Waals surface area contributed by atoms with E-state index in [0.29, 0.717) is 12.1 Å². The molecule has 2 nitrogen and oxygen atoms in total. The number of H-pyrrole nitrogens is 1. The predicted octanol–water partition coefficient (Wildman–Crippen LogP) is 2.34. The van der Waals surface area contributed by atoms with Crippen molar-refractivity contribution in [3.05, 3.63) is 23.5 Å². The summed E-state index contributed by atoms with van der Waals surface area (Å²) in [7, 11) is 2.23. The SMILES string of the molecule is CC[C@H]1c2cc[nH]c2C[C@H](C)N1C. The Morgan fingerprint density at radius 3 is 3.08 bits per heavy atom. The van der Waals surface area contributed by atoms with Crippen LogP contribution in [0.2, 0.25) is 0 Å². The number of hydrogen-bond acceptors (Lipinski definition) is 1. The van der Waals surface area contributed by atoms with Crippen LogP contribution in [0.1, 0.15) is 37.6 Å². The highest BCUT2D eigenvalue weighted by Gasteiger charge is 2.28. The minimum atomic E-state index is 0.616. The third kappa shape index (κ3) is 1.29. The zero-order valence-electron chi connectivity index (χ0n) is 8.67. The minimum Gasteiger partial charge on any atom is -0.365 e. The average Bonchev–Trinajstić information content (AvgIpc) is 2.54. The Bertz CT molecular complexity index is 290. The highest BCUT2D eigenvalue weighted by molar-refractivity contribution is 5.28. The number of fused-ring (bicyclic) bond motifs is 1. The molecule has 0 amide bonds. The highest BCUT2D eigenvalue weighted by Crippen LogP contribution is 2.32. The van der Waals surface area contributed by atoms with Crippen LogP contribution in [0.5, 0.6) is 0 Å². The number of aromatic amines is 1. The van der Waals surface area contributed by atoms with Gasteiger partial charge < -0.3 is 4.98 Å². The third-order valence-corrected chi connectivity index (χ3v) is 3.30. The fraction of sp³-hybridized carbons (Fsp3) is 0.636. The molecule has 1 aliphatic rings. The Morgan fingerprint density at radius 1 is 1.62 bits per heavy atom. The van der Waals surface area contributed by atoms with E-state index in [9.17, 15) is 0 Å². The standard InChI is InChI=1S/C11H18N2/c1-4-11-9-5-6-12-10(9)7-8(2)13(11)3/h5-6,8,11-12H,4,7H2,1-3H3/t8-,11-/m0/s1. The Hall–Kier alpha value is -0.760. The van der Waals surface area contributed by atoms with Crippen LogP contribution in [0.25, 0.3) is 0 Å². The van der Waals surface area contributed by atoms with Gasteiger partial charge in [0.05, 0.1) is 0 Å². The minimum absolute atomic E-state index is 0.616. The van der Waals surface area contributed by atoms with Crippen LogP contribution in [0.3, 0.4) is 0 Å². The molecule has 2 heterocycles. The van der Waals surface area contributed by atoms with Gasteiger partial charge in [-0.2, -0.15) is 0 Å². The molecule has 2 atom stereocenters. The van der Waals surface area contributed by atoms with Crippen LogP contribution in [-0.2, 0) is 6.42 Å². The lowest BCUT2D eigenvalue weighted by Gasteiger charge is -2.37. The molecule has 0 aromatic carbocycles. The van der Waals surface area contributed by atoms with E-state index in [4.69, 9.17) is 0 Å². The van der Waals surface area contributed by atoms with E-state index in [0.717, 1.165) is 6.42 Å². The van der Waals surface area contributed by atoms with Crippen molar-refractivity contribution >= 4 is 0 Å². The molecule has 0 bridgehead atoms. The molecule has 0 saturated heterocycles. The van der Waals surface area contributed by atoms with Crippen LogP contribution in [-0.4, -0.2) is 23.0 Å². The lowest BCUT2D eigenvalue weighted by atomic mass is 9.93. The van der Waals surface area contributed by atoms with Crippen molar-refractivity contribution in [2.75, 3.05) is 7.05 Å². The molecule has 1 N–H and O–H groups in total. The maximum atomic E-state index is 3.35. The molecule has 0 radical (unpaired) electrons. The summed E-state index contributed by atoms with van der Waals surface area (Å²) in [5.41, 5.74) is 2.94. The van der Waals surface area contributed by atoms with E-state index in [1.165, 1.54) is 17.7 Å². The van der Waals surface area contributed by atoms with E-state index in [1.807, 2.05) is 0 Å². The van der Waals surface area contributed by atoms with Gasteiger partial charge in [-0.15, -0.1) is 0 Å². The van der Waals surface area contributed by atoms with Crippen LogP contribution in [0, 0.1) is 0 Å². The van der Waals surface area contributed by atoms with Crippen molar-refractivity contribution in [3.8, 4) is 0 Å². The number of nitrogens with zero attached hydrogens (tertiary/aromatic N) is 1. The third-order valence-electron chi connectivity index (χ3n) is 3.30. The van der Waals surface area contributed by atoms with E-state index < -0.39 is 0 Å². The Balaban J connectivity index is 2.37. The van der Waals surface area contributed by atoms with Gasteiger partial charge in [0.25, 0.3) is 0 Å². The molecular formula is C11H18N2. The zero-order chi connectivity index (χ0) is 9.42. The highest BCUT2D eigenvalue weighted by atomic mass is 15.2. The van der Waals surface area contributed by atoms with Gasteiger partial charge in [-0.3, -0.25) is 4.90 Å². The van der Waals surface area contributed by atoms with E-state index >= 15 is 0 Å². The van der Waals surface area contributed by atoms with Crippen LogP contribution in [0.4, 0.5) is 0 Å². The Kier molecular flexibility index (Phi) is 2.16. The first kappa shape index (κ1) is 8.82. The van der Waals surface area contributed by atoms with Crippen molar-refractivity contribution in [1.82, 2.24) is 9.88 Å². The number of nitrogens with one attached hydrogen (secondary N) is 1. The lowest BCUT2D eigenvalue weighted by molar-refractivity contribution is 0.161. The van der Waals surface area contributed by atoms with Crippen molar-refractivity contribution in [2.45, 2.75) is 38.8 Å². The topological polar surface area (TPSA) is 19.0 Å². The number of hydrogen-bond donors (Lipinski definition) is 1. The molecule has 1 aliphatic heterocycles. The fourth-order valence-corrected chi connectivity index (χ4v) is 2.38. The normalized spacial score (nSPS) is 28.8. The van der Waals surface area contributed by atoms with Gasteiger partial charge >= 0.3 is 0 Å². The molecule has 1 aromatic rings. The summed E-state index contributed by atoms with van der Waals surface area (Å²) >= 11 is 0. The van der Waals surface area contributed by atoms with E-state index in [1.54, 1.807) is 0 Å². The summed E-state index contributed by atoms with van der Waals surface area (Å²) in [6, 6.07) is 3.51. The lowest BCUT2D eigenvalue weighted by Crippen LogP contribution is -2.38. The van der Waals surface area contributed by atoms with Crippen molar-refractivity contribution in [3.63, 3.8) is 0 Å². The summed E-state index contributed by atoms with van der Waals surface area (Å²) in [6.07, 6.45) is 4.43. The molecule has 0 unspecified atom stereocenters. The van der Waals surface area contributed by atoms with Gasteiger partial charge in [0.15, 0.2) is 0 Å². The second-order valence-electron chi connectivity index (χ2n) is 4.05. The summed E-state index contributed by atoms with van der Waals surface area (Å²) < 4.78 is 0. The summed E-state index contributed by atoms with van der Waals surface area (Å²) in [5.74, 6) is 0. The first-order valence-electron chi connectivity index (χ1n) is 5.12. The maximum absolute atomic E-state index is 3.35. The van der Waals surface area contributed by atoms with Gasteiger partial charge in [0.2, 0.25) is 0 Å². The van der Waals surface area contributed by atoms with Crippen molar-refractivity contribution < 1.29 is 0 Å². The maximum Gasteiger partial charge on any atom is 0.0363 e. The quantitative estimate of drug-likeness (QED) is 0.699. The molecule has 2 rings (SSSR count). The molecular weight excluding hydrogens is 160 g/mol. The number of aromatic nitrogens is 1. The molecule has 13 heavy (non-hydrogen) atoms. The molecule has 2 heteroatoms. The summed E-state index contributed by atoms with van der Waals surface area (Å²) in [6.45, 7) is 4.56. The second kappa shape index (κ2) is 3.18. The summed E-state index contributed by atoms with van der Waals surface area (Å²) in [5, 5.41) is 0. The molecule has 0 saturated carbocycles. The van der Waals surface area contributed by atoms with Gasteiger partial charge in [0.1, 0.15) is 0 Å². The number of rotatable bonds is 1. The monoisotopic (exact) mass is 178 g/mol. The molecule has 0 aliphatic carbocycles. The fourth-order valence-electron chi connectivity index (χ4n) is 2.38. The predicted molar refractivity (Wildman–Crippen MR) is 54.8 cm³/mol. The zero-order valence-corrected chi connectivity index (χ0v) is 8.67. The van der Waals surface area contributed by atoms with Crippen molar-refractivity contribution in [1.29, 1.82) is 0 Å². The van der Waals surface area contributed by atoms with Crippen LogP contribution >= 0.6 is 0 Å². The van der Waals surface area contributed by atoms with Crippen molar-refractivity contribution in [2.24, 2.45) is 0 Å². The Morgan fingerprint density at radius 2 is 2.38 bits per heavy atom. The number of likely N-dealkylation sites (N-methyl/N-ethyl adjacent to an activating group) is 1. The van der Waals surface area contributed by atoms with E-state index in [-0.39, 0.29) is 0 Å². The van der Waals surface area contributed by atoms with Crippen LogP contribution in [0.15, 0.2) is 12.3 Å². The molecule has 0 spiro atoms. The first-order valence-corrected chi connectivity index (χ1v) is 5.12. The Labute approximate surface area is 79.9 Å². The molecule has 72 valence electrons. The second-order valence-corrected chi connectivity index (χ2v) is 4.05. The first-order chi connectivity index (χ1) is 6.24. The van der Waals surface area contributed by atoms with Gasteiger partial charge in [-0.25, -0.2) is 0 Å².